The van der Waals surface area contributed by atoms with E-state index in [9.17, 15) is 9.59 Å². The third-order valence-corrected chi connectivity index (χ3v) is 4.68. The Morgan fingerprint density at radius 3 is 2.57 bits per heavy atom. The van der Waals surface area contributed by atoms with E-state index in [0.717, 1.165) is 5.69 Å². The zero-order valence-corrected chi connectivity index (χ0v) is 16.0. The molecule has 0 bridgehead atoms. The maximum atomic E-state index is 12.7. The van der Waals surface area contributed by atoms with Gasteiger partial charge in [0.1, 0.15) is 5.75 Å². The van der Waals surface area contributed by atoms with Gasteiger partial charge in [0.25, 0.3) is 0 Å². The van der Waals surface area contributed by atoms with Gasteiger partial charge in [-0.3, -0.25) is 9.59 Å². The minimum Gasteiger partial charge on any atom is -0.497 e. The molecule has 9 heteroatoms. The third-order valence-electron chi connectivity index (χ3n) is 4.68. The number of methoxy groups -OCH3 is 1. The zero-order chi connectivity index (χ0) is 19.0. The highest BCUT2D eigenvalue weighted by Crippen LogP contribution is 2.38. The van der Waals surface area contributed by atoms with E-state index >= 15 is 0 Å². The molecule has 2 aromatic carbocycles. The molecule has 0 aliphatic carbocycles. The molecule has 148 valence electrons. The van der Waals surface area contributed by atoms with E-state index in [1.54, 1.807) is 48.4 Å². The van der Waals surface area contributed by atoms with Crippen molar-refractivity contribution in [3.63, 3.8) is 0 Å². The number of carbonyl (C=O) groups excluding carboxylic acids is 2. The van der Waals surface area contributed by atoms with Crippen molar-refractivity contribution in [3.8, 4) is 17.2 Å². The fraction of sp³-hybridized carbons (Fsp3) is 0.263. The van der Waals surface area contributed by atoms with Crippen LogP contribution in [0.25, 0.3) is 0 Å². The van der Waals surface area contributed by atoms with Crippen LogP contribution in [-0.2, 0) is 9.59 Å². The molecular formula is C19H20ClN3O5. The predicted octanol–water partition coefficient (Wildman–Crippen LogP) is 2.42. The number of nitrogens with two attached hydrogens (primary N) is 1. The van der Waals surface area contributed by atoms with E-state index in [1.807, 2.05) is 0 Å². The van der Waals surface area contributed by atoms with Gasteiger partial charge in [0.15, 0.2) is 11.5 Å². The van der Waals surface area contributed by atoms with Gasteiger partial charge in [0.2, 0.25) is 18.6 Å². The highest BCUT2D eigenvalue weighted by molar-refractivity contribution is 6.04. The number of carbonyl (C=O) groups is 2. The summed E-state index contributed by atoms with van der Waals surface area (Å²) in [7, 11) is 1.58. The summed E-state index contributed by atoms with van der Waals surface area (Å²) in [6, 6.07) is 10.4. The van der Waals surface area contributed by atoms with Crippen LogP contribution in [0, 0.1) is 5.92 Å². The number of nitrogens with zero attached hydrogens (tertiary/aromatic N) is 1. The molecule has 1 saturated heterocycles. The molecule has 8 nitrogen and oxygen atoms in total. The first-order valence-corrected chi connectivity index (χ1v) is 8.49. The molecular weight excluding hydrogens is 386 g/mol. The van der Waals surface area contributed by atoms with Gasteiger partial charge in [-0.1, -0.05) is 0 Å². The fourth-order valence-electron chi connectivity index (χ4n) is 3.20. The number of anilines is 3. The lowest BCUT2D eigenvalue weighted by Gasteiger charge is -2.17. The molecule has 4 rings (SSSR count). The molecule has 0 spiro atoms. The second-order valence-corrected chi connectivity index (χ2v) is 6.39. The Labute approximate surface area is 167 Å². The standard InChI is InChI=1S/C19H19N3O5.ClH/c1-25-13-4-2-12(3-5-13)22-9-11(6-18(22)23)19(24)21-15-8-17-16(7-14(15)20)26-10-27-17;/h2-5,7-8,11H,6,9-10,20H2,1H3,(H,21,24);1H. The number of hydrogen-bond acceptors (Lipinski definition) is 6. The van der Waals surface area contributed by atoms with Gasteiger partial charge in [-0.15, -0.1) is 12.4 Å². The van der Waals surface area contributed by atoms with E-state index < -0.39 is 5.92 Å². The predicted molar refractivity (Wildman–Crippen MR) is 106 cm³/mol. The molecule has 3 N–H and O–H groups in total. The third kappa shape index (κ3) is 3.63. The lowest BCUT2D eigenvalue weighted by molar-refractivity contribution is -0.122. The minimum atomic E-state index is -0.468. The molecule has 0 radical (unpaired) electrons. The number of halogens is 1. The molecule has 0 aromatic heterocycles. The second-order valence-electron chi connectivity index (χ2n) is 6.39. The van der Waals surface area contributed by atoms with Crippen molar-refractivity contribution >= 4 is 41.3 Å². The van der Waals surface area contributed by atoms with E-state index in [-0.39, 0.29) is 37.4 Å². The first-order valence-electron chi connectivity index (χ1n) is 8.49. The Morgan fingerprint density at radius 2 is 1.89 bits per heavy atom. The number of amides is 2. The van der Waals surface area contributed by atoms with Gasteiger partial charge in [0, 0.05) is 30.8 Å². The number of fused-ring (bicyclic) bond motifs is 1. The highest BCUT2D eigenvalue weighted by Gasteiger charge is 2.35. The van der Waals surface area contributed by atoms with Crippen LogP contribution in [-0.4, -0.2) is 32.3 Å². The molecule has 2 aromatic rings. The quantitative estimate of drug-likeness (QED) is 0.757. The average molecular weight is 406 g/mol. The summed E-state index contributed by atoms with van der Waals surface area (Å²) in [5, 5.41) is 2.79. The number of benzene rings is 2. The molecule has 2 aliphatic heterocycles. The molecule has 2 heterocycles. The van der Waals surface area contributed by atoms with Crippen molar-refractivity contribution in [1.29, 1.82) is 0 Å². The normalized spacial score (nSPS) is 17.2. The van der Waals surface area contributed by atoms with Crippen LogP contribution in [0.4, 0.5) is 17.1 Å². The Bertz CT molecular complexity index is 903. The van der Waals surface area contributed by atoms with Crippen molar-refractivity contribution < 1.29 is 23.8 Å². The Morgan fingerprint density at radius 1 is 1.21 bits per heavy atom. The number of nitrogens with one attached hydrogen (secondary N) is 1. The van der Waals surface area contributed by atoms with Gasteiger partial charge < -0.3 is 30.2 Å². The number of hydrogen-bond donors (Lipinski definition) is 2. The molecule has 1 atom stereocenters. The first-order chi connectivity index (χ1) is 13.0. The monoisotopic (exact) mass is 405 g/mol. The summed E-state index contributed by atoms with van der Waals surface area (Å²) in [6.07, 6.45) is 0.141. The molecule has 0 saturated carbocycles. The Balaban J connectivity index is 0.00000225. The second kappa shape index (κ2) is 7.85. The first kappa shape index (κ1) is 19.6. The van der Waals surface area contributed by atoms with Crippen LogP contribution in [0.5, 0.6) is 17.2 Å². The minimum absolute atomic E-state index is 0. The molecule has 28 heavy (non-hydrogen) atoms. The Kier molecular flexibility index (Phi) is 5.51. The van der Waals surface area contributed by atoms with Gasteiger partial charge in [-0.2, -0.15) is 0 Å². The van der Waals surface area contributed by atoms with Gasteiger partial charge in [0.05, 0.1) is 24.4 Å². The Hall–Kier alpha value is -3.13. The zero-order valence-electron chi connectivity index (χ0n) is 15.1. The van der Waals surface area contributed by atoms with E-state index in [4.69, 9.17) is 19.9 Å². The summed E-state index contributed by atoms with van der Waals surface area (Å²) in [6.45, 7) is 0.432. The topological polar surface area (TPSA) is 103 Å². The van der Waals surface area contributed by atoms with Crippen LogP contribution < -0.4 is 30.2 Å². The summed E-state index contributed by atoms with van der Waals surface area (Å²) in [5.41, 5.74) is 7.53. The van der Waals surface area contributed by atoms with Crippen LogP contribution >= 0.6 is 12.4 Å². The van der Waals surface area contributed by atoms with Crippen molar-refractivity contribution in [1.82, 2.24) is 0 Å². The van der Waals surface area contributed by atoms with E-state index in [0.29, 0.717) is 35.2 Å². The summed E-state index contributed by atoms with van der Waals surface area (Å²) in [5.74, 6) is 0.959. The molecule has 1 fully saturated rings. The van der Waals surface area contributed by atoms with Gasteiger partial charge >= 0.3 is 0 Å². The maximum Gasteiger partial charge on any atom is 0.231 e. The maximum absolute atomic E-state index is 12.7. The summed E-state index contributed by atoms with van der Waals surface area (Å²) >= 11 is 0. The molecule has 1 unspecified atom stereocenters. The van der Waals surface area contributed by atoms with Crippen LogP contribution in [0.3, 0.4) is 0 Å². The molecule has 2 aliphatic rings. The molecule has 2 amide bonds. The number of nitrogen functional groups attached to an aromatic ring is 1. The van der Waals surface area contributed by atoms with Crippen molar-refractivity contribution in [3.05, 3.63) is 36.4 Å². The van der Waals surface area contributed by atoms with Crippen LogP contribution in [0.1, 0.15) is 6.42 Å². The number of rotatable bonds is 4. The van der Waals surface area contributed by atoms with Crippen molar-refractivity contribution in [2.75, 3.05) is 36.4 Å². The lowest BCUT2D eigenvalue weighted by Crippen LogP contribution is -2.28. The van der Waals surface area contributed by atoms with Crippen molar-refractivity contribution in [2.45, 2.75) is 6.42 Å². The lowest BCUT2D eigenvalue weighted by atomic mass is 10.1. The largest absolute Gasteiger partial charge is 0.497 e. The SMILES string of the molecule is COc1ccc(N2CC(C(=O)Nc3cc4c(cc3N)OCO4)CC2=O)cc1.Cl. The smallest absolute Gasteiger partial charge is 0.231 e. The highest BCUT2D eigenvalue weighted by atomic mass is 35.5. The van der Waals surface area contributed by atoms with Crippen LogP contribution in [0.15, 0.2) is 36.4 Å². The van der Waals surface area contributed by atoms with Gasteiger partial charge in [-0.05, 0) is 24.3 Å². The summed E-state index contributed by atoms with van der Waals surface area (Å²) < 4.78 is 15.7. The average Bonchev–Trinajstić information content (AvgIpc) is 3.28. The van der Waals surface area contributed by atoms with Crippen LogP contribution in [0.2, 0.25) is 0 Å². The van der Waals surface area contributed by atoms with E-state index in [2.05, 4.69) is 5.32 Å². The van der Waals surface area contributed by atoms with Gasteiger partial charge in [-0.25, -0.2) is 0 Å². The summed E-state index contributed by atoms with van der Waals surface area (Å²) in [4.78, 5) is 26.6. The fourth-order valence-corrected chi connectivity index (χ4v) is 3.20. The number of ether oxygens (including phenoxy) is 3. The van der Waals surface area contributed by atoms with Crippen molar-refractivity contribution in [2.24, 2.45) is 5.92 Å². The van der Waals surface area contributed by atoms with E-state index in [1.165, 1.54) is 0 Å².